The van der Waals surface area contributed by atoms with Gasteiger partial charge in [-0.25, -0.2) is 12.8 Å². The van der Waals surface area contributed by atoms with E-state index in [1.807, 2.05) is 0 Å². The zero-order chi connectivity index (χ0) is 19.9. The highest BCUT2D eigenvalue weighted by molar-refractivity contribution is 7.89. The van der Waals surface area contributed by atoms with Gasteiger partial charge in [0, 0.05) is 37.3 Å². The minimum atomic E-state index is -3.76. The van der Waals surface area contributed by atoms with Crippen LogP contribution in [0.3, 0.4) is 0 Å². The number of hydrogen-bond donors (Lipinski definition) is 0. The van der Waals surface area contributed by atoms with Crippen molar-refractivity contribution in [1.29, 1.82) is 0 Å². The summed E-state index contributed by atoms with van der Waals surface area (Å²) in [5.41, 5.74) is 2.02. The average Bonchev–Trinajstić information content (AvgIpc) is 3.51. The number of hydrogen-bond acceptors (Lipinski definition) is 3. The van der Waals surface area contributed by atoms with Crippen molar-refractivity contribution in [1.82, 2.24) is 4.31 Å². The van der Waals surface area contributed by atoms with Crippen LogP contribution >= 0.6 is 0 Å². The number of aryl methyl sites for hydroxylation is 1. The Morgan fingerprint density at radius 2 is 1.96 bits per heavy atom. The van der Waals surface area contributed by atoms with Crippen molar-refractivity contribution < 1.29 is 17.6 Å². The second-order valence-corrected chi connectivity index (χ2v) is 9.33. The van der Waals surface area contributed by atoms with Crippen molar-refractivity contribution in [2.75, 3.05) is 11.4 Å². The molecule has 2 aromatic carbocycles. The minimum absolute atomic E-state index is 0.0241. The second kappa shape index (κ2) is 7.29. The summed E-state index contributed by atoms with van der Waals surface area (Å²) in [5, 5.41) is 0. The molecule has 7 heteroatoms. The second-order valence-electron chi connectivity index (χ2n) is 7.44. The molecule has 5 nitrogen and oxygen atoms in total. The fourth-order valence-corrected chi connectivity index (χ4v) is 5.48. The number of amides is 1. The third-order valence-electron chi connectivity index (χ3n) is 5.39. The van der Waals surface area contributed by atoms with Crippen molar-refractivity contribution in [3.05, 3.63) is 59.4 Å². The summed E-state index contributed by atoms with van der Waals surface area (Å²) in [5.74, 6) is -0.443. The lowest BCUT2D eigenvalue weighted by atomic mass is 10.0. The molecule has 0 aromatic heterocycles. The number of fused-ring (bicyclic) bond motifs is 1. The average molecular weight is 402 g/mol. The first kappa shape index (κ1) is 19.1. The summed E-state index contributed by atoms with van der Waals surface area (Å²) < 4.78 is 42.2. The molecule has 0 N–H and O–H groups in total. The SMILES string of the molecule is CC(=O)N1CCCc2cc(S(=O)(=O)N(Cc3ccccc3F)C3CC3)ccc21. The van der Waals surface area contributed by atoms with Crippen LogP contribution in [0.1, 0.15) is 37.3 Å². The van der Waals surface area contributed by atoms with Crippen LogP contribution in [0, 0.1) is 5.82 Å². The van der Waals surface area contributed by atoms with E-state index in [2.05, 4.69) is 0 Å². The maximum atomic E-state index is 14.1. The highest BCUT2D eigenvalue weighted by Gasteiger charge is 2.39. The van der Waals surface area contributed by atoms with E-state index in [-0.39, 0.29) is 23.4 Å². The number of nitrogens with zero attached hydrogens (tertiary/aromatic N) is 2. The molecule has 1 fully saturated rings. The number of sulfonamides is 1. The van der Waals surface area contributed by atoms with Crippen LogP contribution in [0.25, 0.3) is 0 Å². The molecule has 4 rings (SSSR count). The van der Waals surface area contributed by atoms with Crippen molar-refractivity contribution in [3.63, 3.8) is 0 Å². The van der Waals surface area contributed by atoms with Gasteiger partial charge in [-0.2, -0.15) is 4.31 Å². The Bertz CT molecular complexity index is 1020. The Morgan fingerprint density at radius 3 is 2.64 bits per heavy atom. The molecule has 0 radical (unpaired) electrons. The van der Waals surface area contributed by atoms with Crippen molar-refractivity contribution >= 4 is 21.6 Å². The van der Waals surface area contributed by atoms with E-state index in [0.717, 1.165) is 36.9 Å². The van der Waals surface area contributed by atoms with Crippen LogP contribution in [0.4, 0.5) is 10.1 Å². The van der Waals surface area contributed by atoms with Crippen LogP contribution in [0.5, 0.6) is 0 Å². The van der Waals surface area contributed by atoms with E-state index < -0.39 is 15.8 Å². The molecule has 28 heavy (non-hydrogen) atoms. The highest BCUT2D eigenvalue weighted by Crippen LogP contribution is 2.36. The molecule has 1 heterocycles. The summed E-state index contributed by atoms with van der Waals surface area (Å²) in [7, 11) is -3.76. The molecule has 1 aliphatic heterocycles. The van der Waals surface area contributed by atoms with E-state index >= 15 is 0 Å². The maximum Gasteiger partial charge on any atom is 0.243 e. The van der Waals surface area contributed by atoms with Crippen LogP contribution in [-0.2, 0) is 27.8 Å². The molecule has 2 aromatic rings. The third-order valence-corrected chi connectivity index (χ3v) is 7.29. The zero-order valence-corrected chi connectivity index (χ0v) is 16.6. The van der Waals surface area contributed by atoms with Gasteiger partial charge in [0.05, 0.1) is 4.90 Å². The van der Waals surface area contributed by atoms with Crippen LogP contribution < -0.4 is 4.90 Å². The number of anilines is 1. The van der Waals surface area contributed by atoms with E-state index in [0.29, 0.717) is 12.1 Å². The van der Waals surface area contributed by atoms with Crippen molar-refractivity contribution in [3.8, 4) is 0 Å². The monoisotopic (exact) mass is 402 g/mol. The Kier molecular flexibility index (Phi) is 4.97. The molecule has 0 unspecified atom stereocenters. The molecular weight excluding hydrogens is 379 g/mol. The van der Waals surface area contributed by atoms with Gasteiger partial charge >= 0.3 is 0 Å². The van der Waals surface area contributed by atoms with Crippen LogP contribution in [0.2, 0.25) is 0 Å². The van der Waals surface area contributed by atoms with Gasteiger partial charge in [-0.3, -0.25) is 4.79 Å². The van der Waals surface area contributed by atoms with Gasteiger partial charge in [0.1, 0.15) is 5.82 Å². The lowest BCUT2D eigenvalue weighted by Gasteiger charge is -2.29. The van der Waals surface area contributed by atoms with E-state index in [1.54, 1.807) is 41.3 Å². The summed E-state index contributed by atoms with van der Waals surface area (Å²) in [4.78, 5) is 13.7. The standard InChI is InChI=1S/C21H23FN2O3S/c1-15(25)23-12-4-6-16-13-19(10-11-21(16)23)28(26,27)24(18-8-9-18)14-17-5-2-3-7-20(17)22/h2-3,5,7,10-11,13,18H,4,6,8-9,12,14H2,1H3. The quantitative estimate of drug-likeness (QED) is 0.769. The van der Waals surface area contributed by atoms with Gasteiger partial charge in [0.25, 0.3) is 0 Å². The number of carbonyl (C=O) groups excluding carboxylic acids is 1. The largest absolute Gasteiger partial charge is 0.312 e. The van der Waals surface area contributed by atoms with Crippen LogP contribution in [0.15, 0.2) is 47.4 Å². The molecule has 148 valence electrons. The lowest BCUT2D eigenvalue weighted by Crippen LogP contribution is -2.35. The number of rotatable bonds is 5. The summed E-state index contributed by atoms with van der Waals surface area (Å²) in [6.45, 7) is 2.19. The van der Waals surface area contributed by atoms with Gasteiger partial charge in [-0.15, -0.1) is 0 Å². The maximum absolute atomic E-state index is 14.1. The topological polar surface area (TPSA) is 57.7 Å². The van der Waals surface area contributed by atoms with Crippen molar-refractivity contribution in [2.45, 2.75) is 50.1 Å². The molecule has 1 amide bonds. The molecule has 1 aliphatic carbocycles. The molecular formula is C21H23FN2O3S. The smallest absolute Gasteiger partial charge is 0.243 e. The van der Waals surface area contributed by atoms with Gasteiger partial charge in [0.2, 0.25) is 15.9 Å². The molecule has 0 spiro atoms. The number of benzene rings is 2. The molecule has 1 saturated carbocycles. The predicted molar refractivity (Wildman–Crippen MR) is 105 cm³/mol. The minimum Gasteiger partial charge on any atom is -0.312 e. The van der Waals surface area contributed by atoms with E-state index in [4.69, 9.17) is 0 Å². The number of carbonyl (C=O) groups is 1. The molecule has 2 aliphatic rings. The van der Waals surface area contributed by atoms with Gasteiger partial charge < -0.3 is 4.90 Å². The first-order valence-corrected chi connectivity index (χ1v) is 11.0. The normalized spacial score (nSPS) is 16.9. The van der Waals surface area contributed by atoms with Crippen molar-refractivity contribution in [2.24, 2.45) is 0 Å². The highest BCUT2D eigenvalue weighted by atomic mass is 32.2. The Hall–Kier alpha value is -2.25. The van der Waals surface area contributed by atoms with E-state index in [1.165, 1.54) is 17.3 Å². The fourth-order valence-electron chi connectivity index (χ4n) is 3.76. The first-order valence-electron chi connectivity index (χ1n) is 9.54. The van der Waals surface area contributed by atoms with Gasteiger partial charge in [-0.05, 0) is 55.5 Å². The molecule has 0 bridgehead atoms. The summed E-state index contributed by atoms with van der Waals surface area (Å²) in [6.07, 6.45) is 3.12. The zero-order valence-electron chi connectivity index (χ0n) is 15.8. The summed E-state index contributed by atoms with van der Waals surface area (Å²) >= 11 is 0. The summed E-state index contributed by atoms with van der Waals surface area (Å²) in [6, 6.07) is 11.2. The van der Waals surface area contributed by atoms with Gasteiger partial charge in [0.15, 0.2) is 0 Å². The van der Waals surface area contributed by atoms with Crippen LogP contribution in [-0.4, -0.2) is 31.2 Å². The first-order chi connectivity index (χ1) is 13.4. The number of halogens is 1. The third kappa shape index (κ3) is 3.56. The Labute approximate surface area is 164 Å². The lowest BCUT2D eigenvalue weighted by molar-refractivity contribution is -0.116. The van der Waals surface area contributed by atoms with E-state index in [9.17, 15) is 17.6 Å². The Balaban J connectivity index is 1.68. The predicted octanol–water partition coefficient (Wildman–Crippen LogP) is 3.48. The Morgan fingerprint density at radius 1 is 1.21 bits per heavy atom. The molecule has 0 atom stereocenters. The molecule has 0 saturated heterocycles. The fraction of sp³-hybridized carbons (Fsp3) is 0.381. The van der Waals surface area contributed by atoms with Gasteiger partial charge in [-0.1, -0.05) is 18.2 Å².